The Morgan fingerprint density at radius 2 is 1.31 bits per heavy atom. The second-order valence-corrected chi connectivity index (χ2v) is 16.3. The molecule has 320 valence electrons. The number of aliphatic hydroxyl groups excluding tert-OH is 2. The third-order valence-corrected chi connectivity index (χ3v) is 9.77. The zero-order valence-corrected chi connectivity index (χ0v) is 35.1. The number of hydrogen-bond donors (Lipinski definition) is 5. The van der Waals surface area contributed by atoms with Crippen LogP contribution in [0.3, 0.4) is 0 Å². The van der Waals surface area contributed by atoms with Crippen LogP contribution in [0, 0.1) is 5.92 Å². The Kier molecular flexibility index (Phi) is 32.9. The van der Waals surface area contributed by atoms with Crippen LogP contribution < -0.4 is 0 Å². The highest BCUT2D eigenvalue weighted by atomic mass is 31.2. The summed E-state index contributed by atoms with van der Waals surface area (Å²) in [5.41, 5.74) is 0. The third-order valence-electron chi connectivity index (χ3n) is 8.33. The van der Waals surface area contributed by atoms with Gasteiger partial charge in [-0.2, -0.15) is 0 Å². The molecular weight excluding hydrogens is 754 g/mol. The standard InChI is InChI=1S/C39H70O14P2/c1-4-6-7-8-9-10-11-16-21-26-35(40)27-22-17-14-19-24-29-39(43)53-37(33-52-55(47,48)51-31-36(41)30-50-54(44,45)46)32-49-38(42)28-23-18-13-12-15-20-25-34(3)5-2/h9-10,14,16-17,21-22,27,34-37,40-41H,4-8,11-13,15,18-20,23-26,28-33H2,1-3H3,(H,47,48)(H2,44,45,46)/b10-9-,17-14+,21-16-,27-22-/t34?,35?,36-,37+/m0/s1. The van der Waals surface area contributed by atoms with Gasteiger partial charge in [-0.3, -0.25) is 23.2 Å². The number of unbranched alkanes of at least 4 members (excludes halogenated alkanes) is 9. The van der Waals surface area contributed by atoms with Crippen molar-refractivity contribution in [1.82, 2.24) is 0 Å². The van der Waals surface area contributed by atoms with E-state index in [-0.39, 0.29) is 12.8 Å². The van der Waals surface area contributed by atoms with Crippen molar-refractivity contribution in [2.75, 3.05) is 26.4 Å². The van der Waals surface area contributed by atoms with E-state index < -0.39 is 72.3 Å². The van der Waals surface area contributed by atoms with E-state index in [4.69, 9.17) is 23.8 Å². The van der Waals surface area contributed by atoms with Gasteiger partial charge in [0, 0.05) is 12.8 Å². The van der Waals surface area contributed by atoms with Crippen molar-refractivity contribution in [3.05, 3.63) is 48.6 Å². The number of hydrogen-bond acceptors (Lipinski definition) is 11. The summed E-state index contributed by atoms with van der Waals surface area (Å²) in [6.45, 7) is 3.78. The van der Waals surface area contributed by atoms with Crippen LogP contribution in [0.2, 0.25) is 0 Å². The molecule has 0 saturated heterocycles. The lowest BCUT2D eigenvalue weighted by Crippen LogP contribution is -2.29. The van der Waals surface area contributed by atoms with Crippen molar-refractivity contribution >= 4 is 27.6 Å². The van der Waals surface area contributed by atoms with Gasteiger partial charge in [0.05, 0.1) is 25.9 Å². The summed E-state index contributed by atoms with van der Waals surface area (Å²) in [5, 5.41) is 19.8. The smallest absolute Gasteiger partial charge is 0.462 e. The van der Waals surface area contributed by atoms with Crippen LogP contribution >= 0.6 is 15.6 Å². The molecule has 0 aromatic rings. The molecule has 5 N–H and O–H groups in total. The second-order valence-electron chi connectivity index (χ2n) is 13.7. The average Bonchev–Trinajstić information content (AvgIpc) is 3.13. The molecule has 0 aliphatic carbocycles. The van der Waals surface area contributed by atoms with Gasteiger partial charge in [0.2, 0.25) is 0 Å². The van der Waals surface area contributed by atoms with E-state index in [9.17, 15) is 33.8 Å². The molecule has 0 fully saturated rings. The van der Waals surface area contributed by atoms with Crippen LogP contribution in [0.4, 0.5) is 0 Å². The normalized spacial score (nSPS) is 15.9. The minimum Gasteiger partial charge on any atom is -0.462 e. The number of rotatable bonds is 36. The van der Waals surface area contributed by atoms with E-state index in [1.54, 1.807) is 18.2 Å². The highest BCUT2D eigenvalue weighted by Crippen LogP contribution is 2.43. The van der Waals surface area contributed by atoms with Gasteiger partial charge in [0.25, 0.3) is 0 Å². The third kappa shape index (κ3) is 37.4. The Morgan fingerprint density at radius 3 is 2.02 bits per heavy atom. The van der Waals surface area contributed by atoms with Gasteiger partial charge in [0.15, 0.2) is 6.10 Å². The number of ether oxygens (including phenoxy) is 2. The molecular formula is C39H70O14P2. The Bertz CT molecular complexity index is 1200. The molecule has 0 bridgehead atoms. The molecule has 14 nitrogen and oxygen atoms in total. The van der Waals surface area contributed by atoms with Crippen molar-refractivity contribution in [2.24, 2.45) is 5.92 Å². The van der Waals surface area contributed by atoms with Gasteiger partial charge < -0.3 is 34.4 Å². The van der Waals surface area contributed by atoms with Crippen LogP contribution in [0.15, 0.2) is 48.6 Å². The molecule has 0 heterocycles. The fourth-order valence-electron chi connectivity index (χ4n) is 4.87. The van der Waals surface area contributed by atoms with E-state index in [0.29, 0.717) is 25.7 Å². The molecule has 0 aliphatic heterocycles. The minimum absolute atomic E-state index is 0.00459. The summed E-state index contributed by atoms with van der Waals surface area (Å²) >= 11 is 0. The minimum atomic E-state index is -4.88. The van der Waals surface area contributed by atoms with E-state index in [1.165, 1.54) is 38.5 Å². The maximum Gasteiger partial charge on any atom is 0.472 e. The quantitative estimate of drug-likeness (QED) is 0.0132. The molecule has 0 aliphatic rings. The first-order valence-corrected chi connectivity index (χ1v) is 22.9. The number of carbonyl (C=O) groups excluding carboxylic acids is 2. The molecule has 5 atom stereocenters. The Labute approximate surface area is 329 Å². The summed E-state index contributed by atoms with van der Waals surface area (Å²) in [4.78, 5) is 52.4. The van der Waals surface area contributed by atoms with Crippen LogP contribution in [0.25, 0.3) is 0 Å². The number of allylic oxidation sites excluding steroid dienone is 6. The molecule has 3 unspecified atom stereocenters. The average molecular weight is 825 g/mol. The van der Waals surface area contributed by atoms with E-state index in [2.05, 4.69) is 42.0 Å². The first-order chi connectivity index (χ1) is 26.2. The maximum absolute atomic E-state index is 12.6. The first-order valence-electron chi connectivity index (χ1n) is 19.8. The summed E-state index contributed by atoms with van der Waals surface area (Å²) in [7, 11) is -9.71. The first kappa shape index (κ1) is 53.0. The molecule has 0 amide bonds. The molecule has 0 rings (SSSR count). The fraction of sp³-hybridized carbons (Fsp3) is 0.744. The molecule has 0 aromatic heterocycles. The van der Waals surface area contributed by atoms with Crippen molar-refractivity contribution in [3.63, 3.8) is 0 Å². The Balaban J connectivity index is 4.78. The molecule has 0 radical (unpaired) electrons. The highest BCUT2D eigenvalue weighted by molar-refractivity contribution is 7.47. The number of phosphoric acid groups is 2. The van der Waals surface area contributed by atoms with Crippen LogP contribution in [-0.4, -0.2) is 81.6 Å². The zero-order chi connectivity index (χ0) is 41.2. The van der Waals surface area contributed by atoms with E-state index >= 15 is 0 Å². The lowest BCUT2D eigenvalue weighted by molar-refractivity contribution is -0.161. The molecule has 0 saturated carbocycles. The monoisotopic (exact) mass is 824 g/mol. The summed E-state index contributed by atoms with van der Waals surface area (Å²) in [5.74, 6) is -0.430. The summed E-state index contributed by atoms with van der Waals surface area (Å²) < 4.78 is 47.5. The van der Waals surface area contributed by atoms with Crippen molar-refractivity contribution < 1.29 is 66.7 Å². The molecule has 16 heteroatoms. The number of esters is 2. The van der Waals surface area contributed by atoms with Gasteiger partial charge in [-0.25, -0.2) is 9.13 Å². The van der Waals surface area contributed by atoms with E-state index in [1.807, 2.05) is 18.2 Å². The highest BCUT2D eigenvalue weighted by Gasteiger charge is 2.28. The molecule has 0 spiro atoms. The van der Waals surface area contributed by atoms with Crippen LogP contribution in [0.5, 0.6) is 0 Å². The van der Waals surface area contributed by atoms with Crippen molar-refractivity contribution in [1.29, 1.82) is 0 Å². The second kappa shape index (κ2) is 34.1. The Hall–Kier alpha value is -1.96. The summed E-state index contributed by atoms with van der Waals surface area (Å²) in [6.07, 6.45) is 27.4. The predicted octanol–water partition coefficient (Wildman–Crippen LogP) is 8.33. The SMILES string of the molecule is CCCCC/C=C\C/C=C\CC(O)/C=C\C=C\CCCC(=O)O[C@H](COC(=O)CCCCCCCCC(C)CC)COP(=O)(O)OC[C@@H](O)COP(=O)(O)O. The molecule has 0 aromatic carbocycles. The van der Waals surface area contributed by atoms with Gasteiger partial charge in [-0.05, 0) is 50.9 Å². The van der Waals surface area contributed by atoms with Crippen molar-refractivity contribution in [3.8, 4) is 0 Å². The van der Waals surface area contributed by atoms with Gasteiger partial charge in [-0.15, -0.1) is 0 Å². The predicted molar refractivity (Wildman–Crippen MR) is 213 cm³/mol. The lowest BCUT2D eigenvalue weighted by atomic mass is 10.00. The van der Waals surface area contributed by atoms with Crippen LogP contribution in [-0.2, 0) is 41.8 Å². The number of aliphatic hydroxyl groups is 2. The largest absolute Gasteiger partial charge is 0.472 e. The van der Waals surface area contributed by atoms with Crippen molar-refractivity contribution in [2.45, 2.75) is 155 Å². The zero-order valence-electron chi connectivity index (χ0n) is 33.3. The lowest BCUT2D eigenvalue weighted by Gasteiger charge is -2.20. The van der Waals surface area contributed by atoms with Gasteiger partial charge in [-0.1, -0.05) is 127 Å². The summed E-state index contributed by atoms with van der Waals surface area (Å²) in [6, 6.07) is 0. The van der Waals surface area contributed by atoms with Crippen LogP contribution in [0.1, 0.15) is 136 Å². The number of carbonyl (C=O) groups is 2. The van der Waals surface area contributed by atoms with E-state index in [0.717, 1.165) is 44.4 Å². The fourth-order valence-corrected chi connectivity index (χ4v) is 6.02. The molecule has 55 heavy (non-hydrogen) atoms. The Morgan fingerprint density at radius 1 is 0.673 bits per heavy atom. The van der Waals surface area contributed by atoms with Gasteiger partial charge >= 0.3 is 27.6 Å². The number of phosphoric ester groups is 2. The maximum atomic E-state index is 12.6. The van der Waals surface area contributed by atoms with Gasteiger partial charge in [0.1, 0.15) is 12.7 Å². The topological polar surface area (TPSA) is 216 Å².